The van der Waals surface area contributed by atoms with Crippen LogP contribution in [-0.4, -0.2) is 56.0 Å². The number of piperazine rings is 1. The van der Waals surface area contributed by atoms with Crippen LogP contribution in [0.5, 0.6) is 0 Å². The van der Waals surface area contributed by atoms with E-state index in [1.807, 2.05) is 42.5 Å². The molecule has 34 heavy (non-hydrogen) atoms. The molecule has 3 aromatic rings. The first-order chi connectivity index (χ1) is 16.6. The first-order valence-corrected chi connectivity index (χ1v) is 11.9. The van der Waals surface area contributed by atoms with Crippen molar-refractivity contribution in [2.45, 2.75) is 12.5 Å². The maximum atomic E-state index is 12.4. The molecule has 2 aromatic carbocycles. The summed E-state index contributed by atoms with van der Waals surface area (Å²) >= 11 is 5.89. The molecule has 2 amide bonds. The van der Waals surface area contributed by atoms with Crippen molar-refractivity contribution in [3.05, 3.63) is 89.3 Å². The standard InChI is InChI=1S/C26H29ClN4O3/c27-21-10-8-20(9-11-21)12-13-28-25(32)26(33)29-19-23(24-7-4-18-34-24)31-16-14-30(15-17-31)22-5-2-1-3-6-22/h1-11,18,23H,12-17,19H2,(H,28,32)(H,29,33)/t23-/m1/s1. The first-order valence-electron chi connectivity index (χ1n) is 11.5. The molecule has 0 unspecified atom stereocenters. The van der Waals surface area contributed by atoms with Crippen molar-refractivity contribution >= 4 is 29.1 Å². The van der Waals surface area contributed by atoms with E-state index >= 15 is 0 Å². The number of carbonyl (C=O) groups excluding carboxylic acids is 2. The zero-order valence-corrected chi connectivity index (χ0v) is 19.7. The topological polar surface area (TPSA) is 77.8 Å². The average Bonchev–Trinajstić information content (AvgIpc) is 3.41. The van der Waals surface area contributed by atoms with Gasteiger partial charge in [-0.2, -0.15) is 0 Å². The highest BCUT2D eigenvalue weighted by molar-refractivity contribution is 6.35. The Hall–Kier alpha value is -3.29. The molecule has 1 aliphatic rings. The van der Waals surface area contributed by atoms with Crippen LogP contribution < -0.4 is 15.5 Å². The summed E-state index contributed by atoms with van der Waals surface area (Å²) in [5, 5.41) is 6.13. The van der Waals surface area contributed by atoms with Crippen molar-refractivity contribution in [2.24, 2.45) is 0 Å². The van der Waals surface area contributed by atoms with E-state index in [0.717, 1.165) is 37.5 Å². The lowest BCUT2D eigenvalue weighted by Gasteiger charge is -2.39. The number of hydrogen-bond donors (Lipinski definition) is 2. The smallest absolute Gasteiger partial charge is 0.309 e. The molecule has 1 fully saturated rings. The number of para-hydroxylation sites is 1. The Labute approximate surface area is 204 Å². The van der Waals surface area contributed by atoms with E-state index in [1.165, 1.54) is 5.69 Å². The quantitative estimate of drug-likeness (QED) is 0.484. The highest BCUT2D eigenvalue weighted by Crippen LogP contribution is 2.24. The number of nitrogens with zero attached hydrogens (tertiary/aromatic N) is 2. The number of hydrogen-bond acceptors (Lipinski definition) is 5. The van der Waals surface area contributed by atoms with Gasteiger partial charge in [-0.3, -0.25) is 14.5 Å². The second kappa shape index (κ2) is 11.7. The lowest BCUT2D eigenvalue weighted by molar-refractivity contribution is -0.139. The van der Waals surface area contributed by atoms with Gasteiger partial charge in [0.1, 0.15) is 5.76 Å². The normalized spacial score (nSPS) is 15.0. The van der Waals surface area contributed by atoms with Gasteiger partial charge in [-0.15, -0.1) is 0 Å². The van der Waals surface area contributed by atoms with Gasteiger partial charge in [0, 0.05) is 50.0 Å². The monoisotopic (exact) mass is 480 g/mol. The summed E-state index contributed by atoms with van der Waals surface area (Å²) in [6.07, 6.45) is 2.25. The van der Waals surface area contributed by atoms with Crippen molar-refractivity contribution in [1.82, 2.24) is 15.5 Å². The first kappa shape index (κ1) is 23.9. The molecule has 1 aliphatic heterocycles. The molecule has 0 bridgehead atoms. The molecule has 0 radical (unpaired) electrons. The van der Waals surface area contributed by atoms with E-state index < -0.39 is 11.8 Å². The summed E-state index contributed by atoms with van der Waals surface area (Å²) in [7, 11) is 0. The predicted octanol–water partition coefficient (Wildman–Crippen LogP) is 3.27. The van der Waals surface area contributed by atoms with Crippen LogP contribution in [0.4, 0.5) is 5.69 Å². The fourth-order valence-electron chi connectivity index (χ4n) is 4.14. The molecule has 178 valence electrons. The van der Waals surface area contributed by atoms with Gasteiger partial charge in [0.15, 0.2) is 0 Å². The SMILES string of the molecule is O=C(NCCc1ccc(Cl)cc1)C(=O)NC[C@H](c1ccco1)N1CCN(c2ccccc2)CC1. The molecule has 8 heteroatoms. The van der Waals surface area contributed by atoms with Gasteiger partial charge in [-0.05, 0) is 48.4 Å². The lowest BCUT2D eigenvalue weighted by atomic mass is 10.1. The van der Waals surface area contributed by atoms with E-state index in [4.69, 9.17) is 16.0 Å². The second-order valence-electron chi connectivity index (χ2n) is 8.23. The number of rotatable bonds is 8. The van der Waals surface area contributed by atoms with E-state index in [9.17, 15) is 9.59 Å². The summed E-state index contributed by atoms with van der Waals surface area (Å²) < 4.78 is 5.66. The molecule has 1 saturated heterocycles. The van der Waals surface area contributed by atoms with E-state index in [1.54, 1.807) is 18.4 Å². The van der Waals surface area contributed by atoms with Crippen LogP contribution in [0.15, 0.2) is 77.4 Å². The van der Waals surface area contributed by atoms with Crippen molar-refractivity contribution in [1.29, 1.82) is 0 Å². The molecular formula is C26H29ClN4O3. The van der Waals surface area contributed by atoms with Crippen LogP contribution in [-0.2, 0) is 16.0 Å². The molecule has 2 heterocycles. The molecule has 7 nitrogen and oxygen atoms in total. The highest BCUT2D eigenvalue weighted by atomic mass is 35.5. The zero-order chi connectivity index (χ0) is 23.8. The fraction of sp³-hybridized carbons (Fsp3) is 0.308. The summed E-state index contributed by atoms with van der Waals surface area (Å²) in [5.74, 6) is -0.506. The highest BCUT2D eigenvalue weighted by Gasteiger charge is 2.28. The van der Waals surface area contributed by atoms with Crippen molar-refractivity contribution < 1.29 is 14.0 Å². The van der Waals surface area contributed by atoms with Gasteiger partial charge in [-0.1, -0.05) is 41.9 Å². The van der Waals surface area contributed by atoms with Gasteiger partial charge in [0.2, 0.25) is 0 Å². The fourth-order valence-corrected chi connectivity index (χ4v) is 4.27. The molecular weight excluding hydrogens is 452 g/mol. The van der Waals surface area contributed by atoms with Crippen molar-refractivity contribution in [3.63, 3.8) is 0 Å². The maximum Gasteiger partial charge on any atom is 0.309 e. The minimum atomic E-state index is -0.643. The zero-order valence-electron chi connectivity index (χ0n) is 19.0. The summed E-state index contributed by atoms with van der Waals surface area (Å²) in [6.45, 7) is 4.06. The Morgan fingerprint density at radius 3 is 2.26 bits per heavy atom. The van der Waals surface area contributed by atoms with E-state index in [2.05, 4.69) is 32.6 Å². The minimum absolute atomic E-state index is 0.140. The van der Waals surface area contributed by atoms with E-state index in [0.29, 0.717) is 24.5 Å². The third kappa shape index (κ3) is 6.40. The Morgan fingerprint density at radius 2 is 1.59 bits per heavy atom. The Balaban J connectivity index is 1.27. The Morgan fingerprint density at radius 1 is 0.882 bits per heavy atom. The minimum Gasteiger partial charge on any atom is -0.468 e. The lowest BCUT2D eigenvalue weighted by Crippen LogP contribution is -2.50. The summed E-state index contributed by atoms with van der Waals surface area (Å²) in [5.41, 5.74) is 2.25. The van der Waals surface area contributed by atoms with Gasteiger partial charge >= 0.3 is 11.8 Å². The van der Waals surface area contributed by atoms with Crippen LogP contribution in [0.3, 0.4) is 0 Å². The van der Waals surface area contributed by atoms with Crippen molar-refractivity contribution in [3.8, 4) is 0 Å². The molecule has 0 saturated carbocycles. The average molecular weight is 481 g/mol. The van der Waals surface area contributed by atoms with Crippen LogP contribution >= 0.6 is 11.6 Å². The summed E-state index contributed by atoms with van der Waals surface area (Å²) in [6, 6.07) is 21.4. The number of amides is 2. The molecule has 1 aromatic heterocycles. The number of furan rings is 1. The van der Waals surface area contributed by atoms with Crippen LogP contribution in [0.25, 0.3) is 0 Å². The van der Waals surface area contributed by atoms with Crippen LogP contribution in [0.1, 0.15) is 17.4 Å². The molecule has 4 rings (SSSR count). The number of nitrogens with one attached hydrogen (secondary N) is 2. The predicted molar refractivity (Wildman–Crippen MR) is 133 cm³/mol. The Kier molecular flexibility index (Phi) is 8.22. The Bertz CT molecular complexity index is 1050. The molecule has 1 atom stereocenters. The molecule has 2 N–H and O–H groups in total. The van der Waals surface area contributed by atoms with Crippen LogP contribution in [0, 0.1) is 0 Å². The third-order valence-corrected chi connectivity index (χ3v) is 6.27. The number of anilines is 1. The second-order valence-corrected chi connectivity index (χ2v) is 8.67. The van der Waals surface area contributed by atoms with Gasteiger partial charge in [-0.25, -0.2) is 0 Å². The number of benzene rings is 2. The third-order valence-electron chi connectivity index (χ3n) is 6.02. The maximum absolute atomic E-state index is 12.4. The molecule has 0 spiro atoms. The van der Waals surface area contributed by atoms with Gasteiger partial charge in [0.05, 0.1) is 12.3 Å². The van der Waals surface area contributed by atoms with Gasteiger partial charge in [0.25, 0.3) is 0 Å². The van der Waals surface area contributed by atoms with Gasteiger partial charge < -0.3 is 20.0 Å². The number of halogens is 1. The van der Waals surface area contributed by atoms with Crippen LogP contribution in [0.2, 0.25) is 5.02 Å². The summed E-state index contributed by atoms with van der Waals surface area (Å²) in [4.78, 5) is 29.3. The molecule has 0 aliphatic carbocycles. The van der Waals surface area contributed by atoms with Crippen molar-refractivity contribution in [2.75, 3.05) is 44.2 Å². The largest absolute Gasteiger partial charge is 0.468 e. The number of carbonyl (C=O) groups is 2. The van der Waals surface area contributed by atoms with E-state index in [-0.39, 0.29) is 6.04 Å².